The smallest absolute Gasteiger partial charge is 0.330 e. The number of hydrogen-bond acceptors (Lipinski definition) is 6. The number of carbonyl (C=O) groups excluding carboxylic acids is 1. The summed E-state index contributed by atoms with van der Waals surface area (Å²) in [4.78, 5) is 12.6. The van der Waals surface area contributed by atoms with Gasteiger partial charge in [-0.2, -0.15) is 0 Å². The number of phenols is 1. The molecule has 1 N–H and O–H groups in total. The highest BCUT2D eigenvalue weighted by atomic mass is 16.6. The lowest BCUT2D eigenvalue weighted by Gasteiger charge is -2.23. The highest BCUT2D eigenvalue weighted by molar-refractivity contribution is 5.81. The average Bonchev–Trinajstić information content (AvgIpc) is 3.07. The number of aromatic nitrogens is 3. The maximum atomic E-state index is 11.2. The number of nitrogens with zero attached hydrogens (tertiary/aromatic N) is 3. The van der Waals surface area contributed by atoms with Gasteiger partial charge in [-0.1, -0.05) is 33.4 Å². The third-order valence-corrected chi connectivity index (χ3v) is 4.39. The zero-order valence-electron chi connectivity index (χ0n) is 17.1. The molecule has 0 atom stereocenters. The number of rotatable bonds is 6. The second-order valence-electron chi connectivity index (χ2n) is 7.79. The number of esters is 1. The number of aryl methyl sites for hydroxylation is 1. The molecule has 0 aliphatic carbocycles. The Kier molecular flexibility index (Phi) is 5.59. The molecule has 0 fully saturated rings. The van der Waals surface area contributed by atoms with Gasteiger partial charge < -0.3 is 14.6 Å². The summed E-state index contributed by atoms with van der Waals surface area (Å²) >= 11 is 0. The number of carbonyl (C=O) groups is 1. The van der Waals surface area contributed by atoms with Crippen molar-refractivity contribution in [2.24, 2.45) is 0 Å². The second kappa shape index (κ2) is 7.95. The molecule has 0 saturated carbocycles. The van der Waals surface area contributed by atoms with Crippen molar-refractivity contribution >= 4 is 17.0 Å². The van der Waals surface area contributed by atoms with Crippen LogP contribution in [0.3, 0.4) is 0 Å². The molecule has 0 unspecified atom stereocenters. The fourth-order valence-electron chi connectivity index (χ4n) is 2.89. The quantitative estimate of drug-likeness (QED) is 0.388. The van der Waals surface area contributed by atoms with Gasteiger partial charge in [0, 0.05) is 17.7 Å². The molecule has 1 heterocycles. The number of fused-ring (bicyclic) bond motifs is 1. The fraction of sp³-hybridized carbons (Fsp3) is 0.318. The molecule has 29 heavy (non-hydrogen) atoms. The molecule has 0 aliphatic heterocycles. The second-order valence-corrected chi connectivity index (χ2v) is 7.79. The van der Waals surface area contributed by atoms with Crippen molar-refractivity contribution < 1.29 is 19.4 Å². The summed E-state index contributed by atoms with van der Waals surface area (Å²) in [6.45, 7) is 11.6. The molecule has 3 aromatic rings. The number of phenolic OH excluding ortho intramolecular Hbond substituents is 1. The van der Waals surface area contributed by atoms with Crippen LogP contribution in [0.2, 0.25) is 0 Å². The maximum Gasteiger partial charge on any atom is 0.330 e. The number of aromatic hydroxyl groups is 1. The van der Waals surface area contributed by atoms with Crippen LogP contribution >= 0.6 is 0 Å². The van der Waals surface area contributed by atoms with Crippen molar-refractivity contribution in [2.75, 3.05) is 13.2 Å². The molecule has 3 rings (SSSR count). The van der Waals surface area contributed by atoms with Gasteiger partial charge in [0.1, 0.15) is 41.4 Å². The van der Waals surface area contributed by atoms with Gasteiger partial charge in [0.2, 0.25) is 0 Å². The Morgan fingerprint density at radius 1 is 1.17 bits per heavy atom. The molecule has 0 saturated heterocycles. The van der Waals surface area contributed by atoms with Gasteiger partial charge in [-0.15, -0.1) is 15.0 Å². The molecule has 0 amide bonds. The Morgan fingerprint density at radius 3 is 2.59 bits per heavy atom. The summed E-state index contributed by atoms with van der Waals surface area (Å²) < 4.78 is 10.7. The Balaban J connectivity index is 1.98. The van der Waals surface area contributed by atoms with Crippen molar-refractivity contribution in [3.63, 3.8) is 0 Å². The lowest BCUT2D eigenvalue weighted by molar-refractivity contribution is -0.138. The topological polar surface area (TPSA) is 86.5 Å². The minimum atomic E-state index is -0.502. The van der Waals surface area contributed by atoms with E-state index in [0.717, 1.165) is 22.7 Å². The zero-order chi connectivity index (χ0) is 21.2. The Morgan fingerprint density at radius 2 is 1.90 bits per heavy atom. The minimum absolute atomic E-state index is 0.0924. The third kappa shape index (κ3) is 4.56. The van der Waals surface area contributed by atoms with Crippen molar-refractivity contribution in [1.29, 1.82) is 0 Å². The predicted molar refractivity (Wildman–Crippen MR) is 111 cm³/mol. The molecular formula is C22H25N3O4. The van der Waals surface area contributed by atoms with E-state index in [0.29, 0.717) is 17.0 Å². The SMILES string of the molecule is C=CC(=O)OCCOc1cc(-n2nc3ccc(C)cc3n2)c(O)c(C(C)(C)C)c1. The van der Waals surface area contributed by atoms with Crippen LogP contribution < -0.4 is 4.74 Å². The zero-order valence-corrected chi connectivity index (χ0v) is 17.1. The standard InChI is InChI=1S/C22H25N3O4/c1-6-20(26)29-10-9-28-15-12-16(22(3,4)5)21(27)19(13-15)25-23-17-8-7-14(2)11-18(17)24-25/h6-8,11-13,27H,1,9-10H2,2-5H3. The molecule has 1 aromatic heterocycles. The minimum Gasteiger partial charge on any atom is -0.505 e. The molecule has 0 radical (unpaired) electrons. The van der Waals surface area contributed by atoms with Crippen LogP contribution in [0, 0.1) is 6.92 Å². The average molecular weight is 395 g/mol. The fourth-order valence-corrected chi connectivity index (χ4v) is 2.89. The highest BCUT2D eigenvalue weighted by Crippen LogP contribution is 2.38. The van der Waals surface area contributed by atoms with E-state index >= 15 is 0 Å². The highest BCUT2D eigenvalue weighted by Gasteiger charge is 2.24. The molecule has 0 bridgehead atoms. The van der Waals surface area contributed by atoms with Crippen LogP contribution in [0.4, 0.5) is 0 Å². The first-order chi connectivity index (χ1) is 13.7. The molecule has 2 aromatic carbocycles. The van der Waals surface area contributed by atoms with Gasteiger partial charge in [-0.05, 0) is 36.1 Å². The summed E-state index contributed by atoms with van der Waals surface area (Å²) in [6.07, 6.45) is 1.10. The van der Waals surface area contributed by atoms with Gasteiger partial charge in [-0.25, -0.2) is 4.79 Å². The van der Waals surface area contributed by atoms with Crippen LogP contribution in [0.1, 0.15) is 31.9 Å². The number of hydrogen-bond donors (Lipinski definition) is 1. The molecule has 7 nitrogen and oxygen atoms in total. The van der Waals surface area contributed by atoms with E-state index in [4.69, 9.17) is 9.47 Å². The normalized spacial score (nSPS) is 11.4. The van der Waals surface area contributed by atoms with Gasteiger partial charge in [0.25, 0.3) is 0 Å². The van der Waals surface area contributed by atoms with Gasteiger partial charge in [0.15, 0.2) is 0 Å². The molecule has 7 heteroatoms. The largest absolute Gasteiger partial charge is 0.505 e. The van der Waals surface area contributed by atoms with Crippen LogP contribution in [0.15, 0.2) is 43.0 Å². The van der Waals surface area contributed by atoms with E-state index in [1.54, 1.807) is 12.1 Å². The Labute approximate surface area is 169 Å². The van der Waals surface area contributed by atoms with Crippen molar-refractivity contribution in [3.05, 3.63) is 54.1 Å². The number of benzene rings is 2. The van der Waals surface area contributed by atoms with Gasteiger partial charge >= 0.3 is 5.97 Å². The first-order valence-corrected chi connectivity index (χ1v) is 9.32. The summed E-state index contributed by atoms with van der Waals surface area (Å²) in [5, 5.41) is 19.9. The first kappa shape index (κ1) is 20.4. The Bertz CT molecular complexity index is 1060. The first-order valence-electron chi connectivity index (χ1n) is 9.32. The summed E-state index contributed by atoms with van der Waals surface area (Å²) in [6, 6.07) is 9.25. The maximum absolute atomic E-state index is 11.2. The van der Waals surface area contributed by atoms with E-state index in [2.05, 4.69) is 16.8 Å². The number of ether oxygens (including phenoxy) is 2. The van der Waals surface area contributed by atoms with Crippen molar-refractivity contribution in [1.82, 2.24) is 15.0 Å². The monoisotopic (exact) mass is 395 g/mol. The predicted octanol–water partition coefficient (Wildman–Crippen LogP) is 3.84. The summed E-state index contributed by atoms with van der Waals surface area (Å²) in [7, 11) is 0. The Hall–Kier alpha value is -3.35. The van der Waals surface area contributed by atoms with E-state index in [-0.39, 0.29) is 24.4 Å². The molecule has 0 aliphatic rings. The van der Waals surface area contributed by atoms with Crippen LogP contribution in [0.25, 0.3) is 16.7 Å². The van der Waals surface area contributed by atoms with Gasteiger partial charge in [0.05, 0.1) is 0 Å². The molecular weight excluding hydrogens is 370 g/mol. The van der Waals surface area contributed by atoms with E-state index in [9.17, 15) is 9.90 Å². The van der Waals surface area contributed by atoms with E-state index in [1.165, 1.54) is 4.80 Å². The lowest BCUT2D eigenvalue weighted by Crippen LogP contribution is -2.15. The van der Waals surface area contributed by atoms with Crippen LogP contribution in [-0.2, 0) is 14.9 Å². The summed E-state index contributed by atoms with van der Waals surface area (Å²) in [5.74, 6) is 0.118. The van der Waals surface area contributed by atoms with Crippen molar-refractivity contribution in [3.8, 4) is 17.2 Å². The van der Waals surface area contributed by atoms with Crippen molar-refractivity contribution in [2.45, 2.75) is 33.1 Å². The third-order valence-electron chi connectivity index (χ3n) is 4.39. The van der Waals surface area contributed by atoms with Crippen LogP contribution in [0.5, 0.6) is 11.5 Å². The summed E-state index contributed by atoms with van der Waals surface area (Å²) in [5.41, 5.74) is 3.33. The van der Waals surface area contributed by atoms with E-state index in [1.807, 2.05) is 45.9 Å². The van der Waals surface area contributed by atoms with Gasteiger partial charge in [-0.3, -0.25) is 0 Å². The lowest BCUT2D eigenvalue weighted by atomic mass is 9.86. The molecule has 0 spiro atoms. The van der Waals surface area contributed by atoms with E-state index < -0.39 is 5.97 Å². The molecule has 152 valence electrons. The van der Waals surface area contributed by atoms with Crippen LogP contribution in [-0.4, -0.2) is 39.3 Å².